The number of halogens is 1. The highest BCUT2D eigenvalue weighted by atomic mass is 35.5. The molecule has 1 heterocycles. The second-order valence-corrected chi connectivity index (χ2v) is 6.74. The Hall–Kier alpha value is -0.830. The van der Waals surface area contributed by atoms with Crippen LogP contribution in [0.3, 0.4) is 0 Å². The molecule has 1 aromatic carbocycles. The number of nitrogens with one attached hydrogen (secondary N) is 1. The summed E-state index contributed by atoms with van der Waals surface area (Å²) in [6.45, 7) is 2.25. The minimum atomic E-state index is 0.463. The van der Waals surface area contributed by atoms with Crippen molar-refractivity contribution in [2.75, 3.05) is 0 Å². The van der Waals surface area contributed by atoms with Crippen LogP contribution in [-0.2, 0) is 0 Å². The Morgan fingerprint density at radius 1 is 1.26 bits per heavy atom. The van der Waals surface area contributed by atoms with Crippen LogP contribution in [0, 0.1) is 0 Å². The summed E-state index contributed by atoms with van der Waals surface area (Å²) in [5, 5.41) is 6.70. The first kappa shape index (κ1) is 13.2. The van der Waals surface area contributed by atoms with Gasteiger partial charge in [0, 0.05) is 22.0 Å². The van der Waals surface area contributed by atoms with Gasteiger partial charge in [0.25, 0.3) is 0 Å². The molecule has 1 nitrogen and oxygen atoms in total. The average Bonchev–Trinajstić information content (AvgIpc) is 2.86. The van der Waals surface area contributed by atoms with Crippen molar-refractivity contribution in [3.63, 3.8) is 0 Å². The van der Waals surface area contributed by atoms with Gasteiger partial charge in [0.1, 0.15) is 0 Å². The third-order valence-corrected chi connectivity index (χ3v) is 5.20. The predicted octanol–water partition coefficient (Wildman–Crippen LogP) is 5.00. The van der Waals surface area contributed by atoms with E-state index in [1.807, 2.05) is 23.5 Å². The third-order valence-electron chi connectivity index (χ3n) is 3.91. The maximum Gasteiger partial charge on any atom is 0.0408 e. The van der Waals surface area contributed by atoms with Gasteiger partial charge in [-0.3, -0.25) is 0 Å². The van der Waals surface area contributed by atoms with Gasteiger partial charge in [0.05, 0.1) is 0 Å². The highest BCUT2D eigenvalue weighted by Crippen LogP contribution is 2.38. The summed E-state index contributed by atoms with van der Waals surface area (Å²) in [7, 11) is 0. The molecule has 0 unspecified atom stereocenters. The molecule has 2 aromatic rings. The van der Waals surface area contributed by atoms with E-state index < -0.39 is 0 Å². The lowest BCUT2D eigenvalue weighted by atomic mass is 9.75. The van der Waals surface area contributed by atoms with Gasteiger partial charge in [-0.05, 0) is 54.8 Å². The fourth-order valence-corrected chi connectivity index (χ4v) is 3.70. The van der Waals surface area contributed by atoms with E-state index in [1.54, 1.807) is 0 Å². The molecule has 0 radical (unpaired) electrons. The lowest BCUT2D eigenvalue weighted by molar-refractivity contribution is 0.272. The summed E-state index contributed by atoms with van der Waals surface area (Å²) >= 11 is 7.87. The van der Waals surface area contributed by atoms with Crippen LogP contribution in [0.4, 0.5) is 0 Å². The molecule has 0 bridgehead atoms. The Kier molecular flexibility index (Phi) is 3.92. The van der Waals surface area contributed by atoms with Crippen molar-refractivity contribution in [3.8, 4) is 0 Å². The fourth-order valence-electron chi connectivity index (χ4n) is 2.76. The third kappa shape index (κ3) is 3.02. The van der Waals surface area contributed by atoms with Gasteiger partial charge in [-0.1, -0.05) is 29.8 Å². The molecule has 1 aliphatic rings. The van der Waals surface area contributed by atoms with Gasteiger partial charge >= 0.3 is 0 Å². The van der Waals surface area contributed by atoms with E-state index in [4.69, 9.17) is 11.6 Å². The Morgan fingerprint density at radius 2 is 2.11 bits per heavy atom. The van der Waals surface area contributed by atoms with E-state index >= 15 is 0 Å². The standard InChI is InChI=1S/C16H18ClNS/c1-11(16-6-3-7-19-16)18-15-9-13(10-15)12-4-2-5-14(17)8-12/h2-8,11,13,15,18H,9-10H2,1H3/t11-,13?,15?/m0/s1. The van der Waals surface area contributed by atoms with Gasteiger partial charge in [-0.2, -0.15) is 0 Å². The number of benzene rings is 1. The molecule has 1 N–H and O–H groups in total. The van der Waals surface area contributed by atoms with E-state index in [0.717, 1.165) is 5.02 Å². The molecule has 1 aliphatic carbocycles. The summed E-state index contributed by atoms with van der Waals surface area (Å²) in [4.78, 5) is 1.42. The number of hydrogen-bond donors (Lipinski definition) is 1. The van der Waals surface area contributed by atoms with Crippen LogP contribution in [0.25, 0.3) is 0 Å². The summed E-state index contributed by atoms with van der Waals surface area (Å²) in [6, 6.07) is 13.7. The first-order valence-corrected chi connectivity index (χ1v) is 8.03. The van der Waals surface area contributed by atoms with Gasteiger partial charge in [-0.25, -0.2) is 0 Å². The minimum absolute atomic E-state index is 0.463. The van der Waals surface area contributed by atoms with Crippen LogP contribution in [0.2, 0.25) is 5.02 Å². The van der Waals surface area contributed by atoms with E-state index in [2.05, 4.69) is 41.9 Å². The molecule has 0 spiro atoms. The summed E-state index contributed by atoms with van der Waals surface area (Å²) in [5.41, 5.74) is 1.38. The Labute approximate surface area is 123 Å². The zero-order valence-electron chi connectivity index (χ0n) is 11.0. The molecule has 1 saturated carbocycles. The average molecular weight is 292 g/mol. The first-order valence-electron chi connectivity index (χ1n) is 6.77. The minimum Gasteiger partial charge on any atom is -0.307 e. The lowest BCUT2D eigenvalue weighted by Gasteiger charge is -2.38. The number of thiophene rings is 1. The van der Waals surface area contributed by atoms with Crippen molar-refractivity contribution >= 4 is 22.9 Å². The smallest absolute Gasteiger partial charge is 0.0408 e. The maximum atomic E-state index is 6.04. The molecular weight excluding hydrogens is 274 g/mol. The topological polar surface area (TPSA) is 12.0 Å². The van der Waals surface area contributed by atoms with Crippen LogP contribution in [-0.4, -0.2) is 6.04 Å². The van der Waals surface area contributed by atoms with Crippen molar-refractivity contribution in [2.24, 2.45) is 0 Å². The molecular formula is C16H18ClNS. The molecule has 1 fully saturated rings. The molecule has 3 heteroatoms. The molecule has 3 rings (SSSR count). The zero-order chi connectivity index (χ0) is 13.2. The molecule has 1 aromatic heterocycles. The van der Waals surface area contributed by atoms with E-state index in [1.165, 1.54) is 23.3 Å². The van der Waals surface area contributed by atoms with Gasteiger partial charge in [0.2, 0.25) is 0 Å². The Morgan fingerprint density at radius 3 is 2.79 bits per heavy atom. The van der Waals surface area contributed by atoms with Gasteiger partial charge < -0.3 is 5.32 Å². The zero-order valence-corrected chi connectivity index (χ0v) is 12.5. The lowest BCUT2D eigenvalue weighted by Crippen LogP contribution is -2.41. The molecule has 0 saturated heterocycles. The van der Waals surface area contributed by atoms with Crippen molar-refractivity contribution < 1.29 is 0 Å². The van der Waals surface area contributed by atoms with E-state index in [-0.39, 0.29) is 0 Å². The number of hydrogen-bond acceptors (Lipinski definition) is 2. The van der Waals surface area contributed by atoms with Crippen molar-refractivity contribution in [1.82, 2.24) is 5.32 Å². The Balaban J connectivity index is 1.53. The molecule has 100 valence electrons. The van der Waals surface area contributed by atoms with Crippen LogP contribution in [0.5, 0.6) is 0 Å². The first-order chi connectivity index (χ1) is 9.22. The quantitative estimate of drug-likeness (QED) is 0.836. The second kappa shape index (κ2) is 5.66. The van der Waals surface area contributed by atoms with Crippen molar-refractivity contribution in [3.05, 3.63) is 57.2 Å². The van der Waals surface area contributed by atoms with Crippen LogP contribution in [0.15, 0.2) is 41.8 Å². The molecule has 19 heavy (non-hydrogen) atoms. The van der Waals surface area contributed by atoms with E-state index in [0.29, 0.717) is 18.0 Å². The van der Waals surface area contributed by atoms with Gasteiger partial charge in [-0.15, -0.1) is 11.3 Å². The highest BCUT2D eigenvalue weighted by Gasteiger charge is 2.31. The largest absolute Gasteiger partial charge is 0.307 e. The SMILES string of the molecule is C[C@H](NC1CC(c2cccc(Cl)c2)C1)c1cccs1. The molecule has 0 amide bonds. The fraction of sp³-hybridized carbons (Fsp3) is 0.375. The van der Waals surface area contributed by atoms with Crippen LogP contribution in [0.1, 0.15) is 42.2 Å². The number of rotatable bonds is 4. The van der Waals surface area contributed by atoms with Gasteiger partial charge in [0.15, 0.2) is 0 Å². The van der Waals surface area contributed by atoms with Crippen molar-refractivity contribution in [2.45, 2.75) is 37.8 Å². The van der Waals surface area contributed by atoms with E-state index in [9.17, 15) is 0 Å². The summed E-state index contributed by atoms with van der Waals surface area (Å²) in [5.74, 6) is 0.673. The highest BCUT2D eigenvalue weighted by molar-refractivity contribution is 7.10. The second-order valence-electron chi connectivity index (χ2n) is 5.32. The molecule has 1 atom stereocenters. The predicted molar refractivity (Wildman–Crippen MR) is 83.1 cm³/mol. The Bertz CT molecular complexity index is 531. The maximum absolute atomic E-state index is 6.04. The summed E-state index contributed by atoms with van der Waals surface area (Å²) in [6.07, 6.45) is 2.44. The molecule has 0 aliphatic heterocycles. The van der Waals surface area contributed by atoms with Crippen LogP contribution >= 0.6 is 22.9 Å². The van der Waals surface area contributed by atoms with Crippen LogP contribution < -0.4 is 5.32 Å². The summed E-state index contributed by atoms with van der Waals surface area (Å²) < 4.78 is 0. The monoisotopic (exact) mass is 291 g/mol. The normalized spacial score (nSPS) is 23.9. The van der Waals surface area contributed by atoms with Crippen molar-refractivity contribution in [1.29, 1.82) is 0 Å².